The summed E-state index contributed by atoms with van der Waals surface area (Å²) in [6, 6.07) is 5.34. The van der Waals surface area contributed by atoms with E-state index in [0.717, 1.165) is 4.47 Å². The van der Waals surface area contributed by atoms with Crippen LogP contribution in [0, 0.1) is 0 Å². The molecule has 0 bridgehead atoms. The van der Waals surface area contributed by atoms with Crippen LogP contribution in [0.4, 0.5) is 0 Å². The zero-order valence-electron chi connectivity index (χ0n) is 6.75. The Balaban J connectivity index is 2.40. The fourth-order valence-electron chi connectivity index (χ4n) is 1.10. The summed E-state index contributed by atoms with van der Waals surface area (Å²) in [6.07, 6.45) is 0.298. The van der Waals surface area contributed by atoms with Crippen molar-refractivity contribution in [3.05, 3.63) is 22.7 Å². The minimum absolute atomic E-state index is 0.253. The third kappa shape index (κ3) is 1.83. The largest absolute Gasteiger partial charge is 0.489 e. The molecule has 68 valence electrons. The lowest BCUT2D eigenvalue weighted by Crippen LogP contribution is -2.07. The highest BCUT2D eigenvalue weighted by Crippen LogP contribution is 2.32. The van der Waals surface area contributed by atoms with Gasteiger partial charge in [-0.2, -0.15) is 0 Å². The van der Waals surface area contributed by atoms with E-state index in [0.29, 0.717) is 24.5 Å². The van der Waals surface area contributed by atoms with Gasteiger partial charge in [-0.1, -0.05) is 15.9 Å². The Hall–Kier alpha value is -1.03. The first-order valence-electron chi connectivity index (χ1n) is 3.89. The fraction of sp³-hybridized carbons (Fsp3) is 0.222. The van der Waals surface area contributed by atoms with Crippen LogP contribution in [0.2, 0.25) is 0 Å². The zero-order chi connectivity index (χ0) is 9.26. The zero-order valence-corrected chi connectivity index (χ0v) is 8.33. The summed E-state index contributed by atoms with van der Waals surface area (Å²) in [5.41, 5.74) is 0. The van der Waals surface area contributed by atoms with Crippen LogP contribution in [0.1, 0.15) is 6.42 Å². The quantitative estimate of drug-likeness (QED) is 0.517. The first-order valence-corrected chi connectivity index (χ1v) is 4.68. The fourth-order valence-corrected chi connectivity index (χ4v) is 1.44. The number of rotatable bonds is 0. The maximum Gasteiger partial charge on any atom is 0.314 e. The highest BCUT2D eigenvalue weighted by Gasteiger charge is 2.15. The van der Waals surface area contributed by atoms with Crippen molar-refractivity contribution in [2.75, 3.05) is 6.61 Å². The standard InChI is InChI=1S/C9H7BrO3/c10-6-1-2-7-8(5-6)13-9(11)3-4-12-7/h1-2,5H,3-4H2. The van der Waals surface area contributed by atoms with Crippen LogP contribution in [-0.2, 0) is 4.79 Å². The minimum atomic E-state index is -0.253. The van der Waals surface area contributed by atoms with Gasteiger partial charge in [-0.3, -0.25) is 4.79 Å². The number of carbonyl (C=O) groups is 1. The normalized spacial score (nSPS) is 15.3. The van der Waals surface area contributed by atoms with Crippen molar-refractivity contribution in [3.63, 3.8) is 0 Å². The lowest BCUT2D eigenvalue weighted by molar-refractivity contribution is -0.134. The molecule has 3 nitrogen and oxygen atoms in total. The lowest BCUT2D eigenvalue weighted by Gasteiger charge is -2.04. The van der Waals surface area contributed by atoms with Crippen LogP contribution in [0.5, 0.6) is 11.5 Å². The average molecular weight is 243 g/mol. The van der Waals surface area contributed by atoms with Crippen LogP contribution in [0.15, 0.2) is 22.7 Å². The maximum atomic E-state index is 11.0. The molecular weight excluding hydrogens is 236 g/mol. The molecule has 1 aliphatic rings. The van der Waals surface area contributed by atoms with Gasteiger partial charge in [-0.05, 0) is 18.2 Å². The minimum Gasteiger partial charge on any atom is -0.489 e. The van der Waals surface area contributed by atoms with Gasteiger partial charge in [0.15, 0.2) is 11.5 Å². The molecule has 0 aliphatic carbocycles. The molecule has 0 unspecified atom stereocenters. The Morgan fingerprint density at radius 2 is 2.15 bits per heavy atom. The van der Waals surface area contributed by atoms with Gasteiger partial charge in [-0.15, -0.1) is 0 Å². The van der Waals surface area contributed by atoms with Crippen molar-refractivity contribution < 1.29 is 14.3 Å². The molecule has 13 heavy (non-hydrogen) atoms. The Kier molecular flexibility index (Phi) is 2.22. The summed E-state index contributed by atoms with van der Waals surface area (Å²) in [5.74, 6) is 0.850. The summed E-state index contributed by atoms with van der Waals surface area (Å²) in [4.78, 5) is 11.0. The molecule has 1 aromatic carbocycles. The van der Waals surface area contributed by atoms with Gasteiger partial charge >= 0.3 is 5.97 Å². The van der Waals surface area contributed by atoms with Crippen LogP contribution in [0.25, 0.3) is 0 Å². The van der Waals surface area contributed by atoms with E-state index in [1.807, 2.05) is 6.07 Å². The number of fused-ring (bicyclic) bond motifs is 1. The van der Waals surface area contributed by atoms with E-state index in [-0.39, 0.29) is 5.97 Å². The molecule has 0 fully saturated rings. The summed E-state index contributed by atoms with van der Waals surface area (Å²) >= 11 is 3.29. The van der Waals surface area contributed by atoms with Crippen molar-refractivity contribution in [1.82, 2.24) is 0 Å². The number of ether oxygens (including phenoxy) is 2. The van der Waals surface area contributed by atoms with Gasteiger partial charge in [0.1, 0.15) is 0 Å². The number of hydrogen-bond acceptors (Lipinski definition) is 3. The molecule has 0 aromatic heterocycles. The van der Waals surface area contributed by atoms with E-state index < -0.39 is 0 Å². The average Bonchev–Trinajstić information content (AvgIpc) is 2.25. The number of halogens is 1. The molecule has 0 spiro atoms. The van der Waals surface area contributed by atoms with Crippen molar-refractivity contribution in [1.29, 1.82) is 0 Å². The lowest BCUT2D eigenvalue weighted by atomic mass is 10.3. The van der Waals surface area contributed by atoms with Gasteiger partial charge in [-0.25, -0.2) is 0 Å². The SMILES string of the molecule is O=C1CCOc2ccc(Br)cc2O1. The Morgan fingerprint density at radius 1 is 1.31 bits per heavy atom. The maximum absolute atomic E-state index is 11.0. The van der Waals surface area contributed by atoms with E-state index in [1.165, 1.54) is 0 Å². The van der Waals surface area contributed by atoms with Crippen molar-refractivity contribution >= 4 is 21.9 Å². The van der Waals surface area contributed by atoms with E-state index >= 15 is 0 Å². The van der Waals surface area contributed by atoms with E-state index in [1.54, 1.807) is 12.1 Å². The Morgan fingerprint density at radius 3 is 3.00 bits per heavy atom. The van der Waals surface area contributed by atoms with Gasteiger partial charge in [0.2, 0.25) is 0 Å². The molecule has 1 aromatic rings. The van der Waals surface area contributed by atoms with Gasteiger partial charge in [0, 0.05) is 4.47 Å². The molecule has 0 N–H and O–H groups in total. The number of carbonyl (C=O) groups excluding carboxylic acids is 1. The highest BCUT2D eigenvalue weighted by molar-refractivity contribution is 9.10. The molecule has 2 rings (SSSR count). The monoisotopic (exact) mass is 242 g/mol. The molecule has 0 radical (unpaired) electrons. The smallest absolute Gasteiger partial charge is 0.314 e. The van der Waals surface area contributed by atoms with Crippen LogP contribution >= 0.6 is 15.9 Å². The van der Waals surface area contributed by atoms with E-state index in [4.69, 9.17) is 9.47 Å². The number of benzene rings is 1. The van der Waals surface area contributed by atoms with E-state index in [9.17, 15) is 4.79 Å². The molecule has 0 atom stereocenters. The molecule has 1 aliphatic heterocycles. The molecular formula is C9H7BrO3. The van der Waals surface area contributed by atoms with Crippen molar-refractivity contribution in [2.45, 2.75) is 6.42 Å². The van der Waals surface area contributed by atoms with Crippen LogP contribution < -0.4 is 9.47 Å². The Bertz CT molecular complexity index is 349. The van der Waals surface area contributed by atoms with Gasteiger partial charge in [0.25, 0.3) is 0 Å². The number of esters is 1. The predicted molar refractivity (Wildman–Crippen MR) is 49.9 cm³/mol. The third-order valence-corrected chi connectivity index (χ3v) is 2.19. The van der Waals surface area contributed by atoms with Crippen LogP contribution in [0.3, 0.4) is 0 Å². The van der Waals surface area contributed by atoms with Gasteiger partial charge in [0.05, 0.1) is 13.0 Å². The van der Waals surface area contributed by atoms with E-state index in [2.05, 4.69) is 15.9 Å². The second-order valence-corrected chi connectivity index (χ2v) is 3.58. The summed E-state index contributed by atoms with van der Waals surface area (Å²) in [5, 5.41) is 0. The molecule has 0 saturated carbocycles. The molecule has 0 saturated heterocycles. The molecule has 4 heteroatoms. The van der Waals surface area contributed by atoms with Crippen molar-refractivity contribution in [2.24, 2.45) is 0 Å². The summed E-state index contributed by atoms with van der Waals surface area (Å²) < 4.78 is 11.2. The second kappa shape index (κ2) is 3.38. The van der Waals surface area contributed by atoms with Crippen LogP contribution in [-0.4, -0.2) is 12.6 Å². The summed E-state index contributed by atoms with van der Waals surface area (Å²) in [7, 11) is 0. The Labute approximate surface area is 83.8 Å². The summed E-state index contributed by atoms with van der Waals surface area (Å²) in [6.45, 7) is 0.382. The second-order valence-electron chi connectivity index (χ2n) is 2.66. The topological polar surface area (TPSA) is 35.5 Å². The highest BCUT2D eigenvalue weighted by atomic mass is 79.9. The first kappa shape index (κ1) is 8.56. The molecule has 0 amide bonds. The van der Waals surface area contributed by atoms with Crippen molar-refractivity contribution in [3.8, 4) is 11.5 Å². The predicted octanol–water partition coefficient (Wildman–Crippen LogP) is 2.14. The molecule has 1 heterocycles. The van der Waals surface area contributed by atoms with Gasteiger partial charge < -0.3 is 9.47 Å². The first-order chi connectivity index (χ1) is 6.25. The third-order valence-electron chi connectivity index (χ3n) is 1.69. The number of hydrogen-bond donors (Lipinski definition) is 0.